The quantitative estimate of drug-likeness (QED) is 0.854. The van der Waals surface area contributed by atoms with Crippen LogP contribution in [-0.4, -0.2) is 32.2 Å². The molecule has 0 aliphatic carbocycles. The predicted octanol–water partition coefficient (Wildman–Crippen LogP) is 2.07. The monoisotopic (exact) mass is 301 g/mol. The van der Waals surface area contributed by atoms with Gasteiger partial charge in [-0.25, -0.2) is 0 Å². The largest absolute Gasteiger partial charge is 0.497 e. The molecule has 0 saturated heterocycles. The molecule has 1 heterocycles. The summed E-state index contributed by atoms with van der Waals surface area (Å²) in [6, 6.07) is 7.15. The van der Waals surface area contributed by atoms with Gasteiger partial charge in [-0.2, -0.15) is 0 Å². The van der Waals surface area contributed by atoms with Crippen molar-refractivity contribution in [1.82, 2.24) is 10.3 Å². The van der Waals surface area contributed by atoms with E-state index in [1.165, 1.54) is 0 Å². The van der Waals surface area contributed by atoms with Crippen LogP contribution in [0.25, 0.3) is 0 Å². The highest BCUT2D eigenvalue weighted by atomic mass is 16.5. The first-order chi connectivity index (χ1) is 10.7. The number of rotatable bonds is 6. The lowest BCUT2D eigenvalue weighted by Gasteiger charge is -2.12. The molecule has 0 atom stereocenters. The zero-order chi connectivity index (χ0) is 15.9. The summed E-state index contributed by atoms with van der Waals surface area (Å²) < 4.78 is 10.5. The first-order valence-electron chi connectivity index (χ1n) is 6.80. The Kier molecular flexibility index (Phi) is 5.19. The lowest BCUT2D eigenvalue weighted by molar-refractivity contribution is 0.0951. The summed E-state index contributed by atoms with van der Waals surface area (Å²) in [5, 5.41) is 5.82. The molecule has 116 valence electrons. The molecule has 2 N–H and O–H groups in total. The SMILES string of the molecule is CNc1cnccc1C(=O)NCc1ccc(OC)cc1OC. The van der Waals surface area contributed by atoms with Gasteiger partial charge in [0.2, 0.25) is 0 Å². The van der Waals surface area contributed by atoms with Crippen LogP contribution >= 0.6 is 0 Å². The molecule has 0 spiro atoms. The van der Waals surface area contributed by atoms with Crippen molar-refractivity contribution in [2.45, 2.75) is 6.54 Å². The molecule has 0 fully saturated rings. The number of amides is 1. The van der Waals surface area contributed by atoms with E-state index in [1.54, 1.807) is 45.8 Å². The van der Waals surface area contributed by atoms with Gasteiger partial charge in [0, 0.05) is 31.4 Å². The fraction of sp³-hybridized carbons (Fsp3) is 0.250. The van der Waals surface area contributed by atoms with Gasteiger partial charge in [-0.15, -0.1) is 0 Å². The molecule has 22 heavy (non-hydrogen) atoms. The molecule has 0 aliphatic heterocycles. The highest BCUT2D eigenvalue weighted by Crippen LogP contribution is 2.24. The molecule has 2 rings (SSSR count). The summed E-state index contributed by atoms with van der Waals surface area (Å²) in [4.78, 5) is 16.3. The maximum absolute atomic E-state index is 12.3. The van der Waals surface area contributed by atoms with E-state index in [4.69, 9.17) is 9.47 Å². The van der Waals surface area contributed by atoms with Crippen LogP contribution in [0, 0.1) is 0 Å². The van der Waals surface area contributed by atoms with Gasteiger partial charge in [0.15, 0.2) is 0 Å². The third-order valence-corrected chi connectivity index (χ3v) is 3.27. The Bertz CT molecular complexity index is 659. The van der Waals surface area contributed by atoms with Crippen molar-refractivity contribution in [1.29, 1.82) is 0 Å². The number of carbonyl (C=O) groups excluding carboxylic acids is 1. The highest BCUT2D eigenvalue weighted by Gasteiger charge is 2.12. The number of hydrogen-bond donors (Lipinski definition) is 2. The van der Waals surface area contributed by atoms with Crippen molar-refractivity contribution in [3.8, 4) is 11.5 Å². The summed E-state index contributed by atoms with van der Waals surface area (Å²) in [7, 11) is 4.93. The minimum atomic E-state index is -0.176. The van der Waals surface area contributed by atoms with E-state index in [2.05, 4.69) is 15.6 Å². The number of carbonyl (C=O) groups is 1. The van der Waals surface area contributed by atoms with E-state index in [0.29, 0.717) is 29.3 Å². The number of pyridine rings is 1. The summed E-state index contributed by atoms with van der Waals surface area (Å²) in [6.07, 6.45) is 3.20. The number of hydrogen-bond acceptors (Lipinski definition) is 5. The number of methoxy groups -OCH3 is 2. The first kappa shape index (κ1) is 15.6. The van der Waals surface area contributed by atoms with Crippen molar-refractivity contribution in [3.63, 3.8) is 0 Å². The standard InChI is InChI=1S/C16H19N3O3/c1-17-14-10-18-7-6-13(14)16(20)19-9-11-4-5-12(21-2)8-15(11)22-3/h4-8,10,17H,9H2,1-3H3,(H,19,20). The maximum Gasteiger partial charge on any atom is 0.253 e. The van der Waals surface area contributed by atoms with E-state index in [-0.39, 0.29) is 5.91 Å². The van der Waals surface area contributed by atoms with Crippen LogP contribution in [0.2, 0.25) is 0 Å². The van der Waals surface area contributed by atoms with Crippen LogP contribution in [0.3, 0.4) is 0 Å². The Morgan fingerprint density at radius 2 is 2.05 bits per heavy atom. The van der Waals surface area contributed by atoms with Crippen molar-refractivity contribution in [2.24, 2.45) is 0 Å². The van der Waals surface area contributed by atoms with Crippen LogP contribution in [0.4, 0.5) is 5.69 Å². The number of benzene rings is 1. The maximum atomic E-state index is 12.3. The van der Waals surface area contributed by atoms with Crippen LogP contribution in [0.15, 0.2) is 36.7 Å². The zero-order valence-electron chi connectivity index (χ0n) is 12.8. The summed E-state index contributed by atoms with van der Waals surface area (Å²) >= 11 is 0. The Morgan fingerprint density at radius 3 is 2.73 bits per heavy atom. The number of nitrogens with one attached hydrogen (secondary N) is 2. The summed E-state index contributed by atoms with van der Waals surface area (Å²) in [5.41, 5.74) is 2.10. The number of ether oxygens (including phenoxy) is 2. The van der Waals surface area contributed by atoms with E-state index in [1.807, 2.05) is 12.1 Å². The van der Waals surface area contributed by atoms with Crippen LogP contribution in [0.5, 0.6) is 11.5 Å². The van der Waals surface area contributed by atoms with Crippen LogP contribution < -0.4 is 20.1 Å². The highest BCUT2D eigenvalue weighted by molar-refractivity contribution is 5.99. The van der Waals surface area contributed by atoms with Gasteiger partial charge < -0.3 is 20.1 Å². The molecular formula is C16H19N3O3. The first-order valence-corrected chi connectivity index (χ1v) is 6.80. The third-order valence-electron chi connectivity index (χ3n) is 3.27. The second kappa shape index (κ2) is 7.31. The van der Waals surface area contributed by atoms with E-state index in [9.17, 15) is 4.79 Å². The predicted molar refractivity (Wildman–Crippen MR) is 84.5 cm³/mol. The second-order valence-corrected chi connectivity index (χ2v) is 4.53. The molecule has 6 nitrogen and oxygen atoms in total. The van der Waals surface area contributed by atoms with Gasteiger partial charge in [-0.05, 0) is 18.2 Å². The van der Waals surface area contributed by atoms with Gasteiger partial charge in [-0.1, -0.05) is 0 Å². The smallest absolute Gasteiger partial charge is 0.253 e. The molecule has 2 aromatic rings. The van der Waals surface area contributed by atoms with E-state index < -0.39 is 0 Å². The minimum absolute atomic E-state index is 0.176. The molecule has 1 aromatic heterocycles. The lowest BCUT2D eigenvalue weighted by Crippen LogP contribution is -2.24. The molecule has 6 heteroatoms. The van der Waals surface area contributed by atoms with E-state index >= 15 is 0 Å². The van der Waals surface area contributed by atoms with Crippen LogP contribution in [0.1, 0.15) is 15.9 Å². The zero-order valence-corrected chi connectivity index (χ0v) is 12.8. The third kappa shape index (κ3) is 3.46. The van der Waals surface area contributed by atoms with Gasteiger partial charge >= 0.3 is 0 Å². The Morgan fingerprint density at radius 1 is 1.23 bits per heavy atom. The fourth-order valence-electron chi connectivity index (χ4n) is 2.06. The average molecular weight is 301 g/mol. The van der Waals surface area contributed by atoms with Gasteiger partial charge in [-0.3, -0.25) is 9.78 Å². The van der Waals surface area contributed by atoms with Gasteiger partial charge in [0.05, 0.1) is 31.7 Å². The molecule has 0 unspecified atom stereocenters. The Balaban J connectivity index is 2.11. The Hall–Kier alpha value is -2.76. The summed E-state index contributed by atoms with van der Waals surface area (Å²) in [6.45, 7) is 0.359. The minimum Gasteiger partial charge on any atom is -0.497 e. The number of aromatic nitrogens is 1. The van der Waals surface area contributed by atoms with Gasteiger partial charge in [0.25, 0.3) is 5.91 Å². The van der Waals surface area contributed by atoms with Crippen molar-refractivity contribution in [2.75, 3.05) is 26.6 Å². The second-order valence-electron chi connectivity index (χ2n) is 4.53. The van der Waals surface area contributed by atoms with Crippen molar-refractivity contribution < 1.29 is 14.3 Å². The number of nitrogens with zero attached hydrogens (tertiary/aromatic N) is 1. The van der Waals surface area contributed by atoms with Crippen molar-refractivity contribution >= 4 is 11.6 Å². The van der Waals surface area contributed by atoms with Crippen molar-refractivity contribution in [3.05, 3.63) is 47.8 Å². The molecule has 0 bridgehead atoms. The Labute approximate surface area is 129 Å². The fourth-order valence-corrected chi connectivity index (χ4v) is 2.06. The molecule has 0 saturated carbocycles. The topological polar surface area (TPSA) is 72.5 Å². The molecule has 0 radical (unpaired) electrons. The lowest BCUT2D eigenvalue weighted by atomic mass is 10.1. The molecule has 1 aromatic carbocycles. The van der Waals surface area contributed by atoms with Crippen LogP contribution in [-0.2, 0) is 6.54 Å². The molecule has 1 amide bonds. The average Bonchev–Trinajstić information content (AvgIpc) is 2.59. The van der Waals surface area contributed by atoms with Gasteiger partial charge in [0.1, 0.15) is 11.5 Å². The van der Waals surface area contributed by atoms with E-state index in [0.717, 1.165) is 5.56 Å². The molecular weight excluding hydrogens is 282 g/mol. The molecule has 0 aliphatic rings. The number of anilines is 1. The summed E-state index contributed by atoms with van der Waals surface area (Å²) in [5.74, 6) is 1.20. The normalized spacial score (nSPS) is 9.95.